The highest BCUT2D eigenvalue weighted by molar-refractivity contribution is 5.49. The lowest BCUT2D eigenvalue weighted by Gasteiger charge is -2.48. The van der Waals surface area contributed by atoms with Gasteiger partial charge in [0.2, 0.25) is 0 Å². The molecule has 5 saturated carbocycles. The van der Waals surface area contributed by atoms with Crippen molar-refractivity contribution in [3.63, 3.8) is 0 Å². The Morgan fingerprint density at radius 3 is 1.92 bits per heavy atom. The van der Waals surface area contributed by atoms with E-state index in [0.29, 0.717) is 40.4 Å². The van der Waals surface area contributed by atoms with Gasteiger partial charge >= 0.3 is 11.4 Å². The first-order valence-electron chi connectivity index (χ1n) is 10.3. The molecule has 0 amide bonds. The zero-order valence-electron chi connectivity index (χ0n) is 14.5. The van der Waals surface area contributed by atoms with Crippen molar-refractivity contribution >= 4 is 0 Å². The predicted octanol–water partition coefficient (Wildman–Crippen LogP) is 2.35. The maximum absolute atomic E-state index is 13.4. The maximum atomic E-state index is 13.4. The average molecular weight is 347 g/mol. The van der Waals surface area contributed by atoms with Gasteiger partial charge in [-0.15, -0.1) is 0 Å². The van der Waals surface area contributed by atoms with Gasteiger partial charge < -0.3 is 0 Å². The van der Waals surface area contributed by atoms with Gasteiger partial charge in [-0.1, -0.05) is 37.5 Å². The van der Waals surface area contributed by atoms with Crippen molar-refractivity contribution in [2.24, 2.45) is 34.5 Å². The summed E-state index contributed by atoms with van der Waals surface area (Å²) in [6, 6.07) is 10.1. The van der Waals surface area contributed by atoms with Crippen LogP contribution in [-0.2, 0) is 0 Å². The summed E-state index contributed by atoms with van der Waals surface area (Å²) in [6.07, 6.45) is 6.52. The zero-order valence-corrected chi connectivity index (χ0v) is 14.5. The van der Waals surface area contributed by atoms with E-state index in [9.17, 15) is 9.59 Å². The summed E-state index contributed by atoms with van der Waals surface area (Å²) in [7, 11) is 0. The second-order valence-corrected chi connectivity index (χ2v) is 9.67. The molecule has 5 fully saturated rings. The second-order valence-electron chi connectivity index (χ2n) is 9.67. The van der Waals surface area contributed by atoms with E-state index < -0.39 is 0 Å². The molecule has 2 spiro atoms. The Hall–Kier alpha value is -2.04. The largest absolute Gasteiger partial charge is 0.352 e. The number of nitrogens with zero attached hydrogens (tertiary/aromatic N) is 3. The summed E-state index contributed by atoms with van der Waals surface area (Å²) >= 11 is 0. The van der Waals surface area contributed by atoms with Crippen molar-refractivity contribution in [2.75, 3.05) is 0 Å². The molecule has 1 aromatic heterocycles. The third-order valence-electron chi connectivity index (χ3n) is 9.48. The first-order valence-corrected chi connectivity index (χ1v) is 10.3. The highest BCUT2D eigenvalue weighted by Gasteiger charge is 3.02. The molecule has 0 radical (unpaired) electrons. The minimum Gasteiger partial charge on any atom is -0.245 e. The van der Waals surface area contributed by atoms with Gasteiger partial charge in [-0.3, -0.25) is 0 Å². The highest BCUT2D eigenvalue weighted by atomic mass is 16.2. The summed E-state index contributed by atoms with van der Waals surface area (Å²) in [6.45, 7) is 0. The van der Waals surface area contributed by atoms with Gasteiger partial charge in [-0.05, 0) is 48.6 Å². The quantitative estimate of drug-likeness (QED) is 0.795. The number of benzene rings is 1. The standard InChI is InChI=1S/C21H21N3O2/c25-18-22(11-7-3-1-4-8-11)19(26)24-17-14-12-13(14)16(23(18)24)20-9-5-2-6-10-21(17,20)15(12)20/h1,3-4,7-8,12-17H,2,5-6,9-10H2/t12?,13-,14-,15?,16-,17-,20-,21+/m0/s1. The van der Waals surface area contributed by atoms with Crippen LogP contribution in [0.4, 0.5) is 0 Å². The van der Waals surface area contributed by atoms with E-state index in [-0.39, 0.29) is 11.4 Å². The SMILES string of the molecule is O=c1n(-c2ccccc2)c(=O)n2n1[C@H]1[C@H]3C4C5[C@@]16CCCCC[C@]56[C@@H]2[C@@H]43. The summed E-state index contributed by atoms with van der Waals surface area (Å²) in [5.41, 5.74) is 1.23. The van der Waals surface area contributed by atoms with Crippen LogP contribution in [0.25, 0.3) is 5.69 Å². The topological polar surface area (TPSA) is 48.9 Å². The number of hydrogen-bond donors (Lipinski definition) is 0. The molecule has 5 nitrogen and oxygen atoms in total. The smallest absolute Gasteiger partial charge is 0.245 e. The first-order chi connectivity index (χ1) is 12.7. The molecule has 2 aromatic rings. The van der Waals surface area contributed by atoms with Crippen LogP contribution in [0.3, 0.4) is 0 Å². The van der Waals surface area contributed by atoms with Crippen LogP contribution >= 0.6 is 0 Å². The summed E-state index contributed by atoms with van der Waals surface area (Å²) < 4.78 is 5.31. The first kappa shape index (κ1) is 13.2. The molecule has 8 atom stereocenters. The minimum absolute atomic E-state index is 0.0972. The molecule has 0 N–H and O–H groups in total. The van der Waals surface area contributed by atoms with E-state index in [0.717, 1.165) is 11.8 Å². The number of para-hydroxylation sites is 1. The summed E-state index contributed by atoms with van der Waals surface area (Å²) in [4.78, 5) is 26.8. The fraction of sp³-hybridized carbons (Fsp3) is 0.619. The molecule has 3 heterocycles. The lowest BCUT2D eigenvalue weighted by molar-refractivity contribution is -0.00428. The van der Waals surface area contributed by atoms with Crippen LogP contribution in [-0.4, -0.2) is 13.9 Å². The Morgan fingerprint density at radius 2 is 1.35 bits per heavy atom. The van der Waals surface area contributed by atoms with Crippen LogP contribution in [0.15, 0.2) is 39.9 Å². The Bertz CT molecular complexity index is 1060. The van der Waals surface area contributed by atoms with Gasteiger partial charge in [0.1, 0.15) is 0 Å². The van der Waals surface area contributed by atoms with Crippen LogP contribution in [0, 0.1) is 34.5 Å². The Balaban J connectivity index is 1.45. The van der Waals surface area contributed by atoms with Crippen molar-refractivity contribution < 1.29 is 0 Å². The third-order valence-corrected chi connectivity index (χ3v) is 9.48. The third kappa shape index (κ3) is 0.946. The molecule has 2 bridgehead atoms. The fourth-order valence-electron chi connectivity index (χ4n) is 9.27. The van der Waals surface area contributed by atoms with Gasteiger partial charge in [0.15, 0.2) is 0 Å². The molecule has 2 unspecified atom stereocenters. The Morgan fingerprint density at radius 1 is 0.769 bits per heavy atom. The molecule has 0 saturated heterocycles. The normalized spacial score (nSPS) is 50.2. The molecule has 1 aromatic carbocycles. The molecular formula is C21H21N3O2. The molecular weight excluding hydrogens is 326 g/mol. The van der Waals surface area contributed by atoms with E-state index in [1.807, 2.05) is 39.7 Å². The van der Waals surface area contributed by atoms with Crippen molar-refractivity contribution in [3.05, 3.63) is 51.3 Å². The van der Waals surface area contributed by atoms with E-state index in [1.165, 1.54) is 36.7 Å². The van der Waals surface area contributed by atoms with Crippen molar-refractivity contribution in [1.82, 2.24) is 13.9 Å². The van der Waals surface area contributed by atoms with E-state index in [2.05, 4.69) is 0 Å². The minimum atomic E-state index is -0.0972. The van der Waals surface area contributed by atoms with Crippen LogP contribution < -0.4 is 11.4 Å². The van der Waals surface area contributed by atoms with Gasteiger partial charge in [0, 0.05) is 10.8 Å². The fourth-order valence-corrected chi connectivity index (χ4v) is 9.27. The Labute approximate surface area is 150 Å². The van der Waals surface area contributed by atoms with Crippen molar-refractivity contribution in [1.29, 1.82) is 0 Å². The molecule has 9 rings (SSSR count). The molecule has 5 heteroatoms. The lowest BCUT2D eigenvalue weighted by Crippen LogP contribution is -2.52. The van der Waals surface area contributed by atoms with Gasteiger partial charge in [-0.25, -0.2) is 23.5 Å². The second kappa shape index (κ2) is 3.54. The van der Waals surface area contributed by atoms with Crippen LogP contribution in [0.5, 0.6) is 0 Å². The van der Waals surface area contributed by atoms with Crippen molar-refractivity contribution in [3.8, 4) is 5.69 Å². The molecule has 132 valence electrons. The van der Waals surface area contributed by atoms with E-state index in [4.69, 9.17) is 0 Å². The van der Waals surface area contributed by atoms with E-state index in [1.54, 1.807) is 0 Å². The monoisotopic (exact) mass is 347 g/mol. The molecule has 2 aliphatic heterocycles. The van der Waals surface area contributed by atoms with Gasteiger partial charge in [-0.2, -0.15) is 0 Å². The average Bonchev–Trinajstić information content (AvgIpc) is 3.42. The lowest BCUT2D eigenvalue weighted by atomic mass is 9.69. The number of aromatic nitrogens is 3. The van der Waals surface area contributed by atoms with Crippen LogP contribution in [0.1, 0.15) is 44.2 Å². The predicted molar refractivity (Wildman–Crippen MR) is 94.3 cm³/mol. The van der Waals surface area contributed by atoms with Gasteiger partial charge in [0.25, 0.3) is 0 Å². The molecule has 7 aliphatic rings. The van der Waals surface area contributed by atoms with Crippen LogP contribution in [0.2, 0.25) is 0 Å². The highest BCUT2D eigenvalue weighted by Crippen LogP contribution is 3.04. The maximum Gasteiger partial charge on any atom is 0.352 e. The number of rotatable bonds is 1. The van der Waals surface area contributed by atoms with E-state index >= 15 is 0 Å². The van der Waals surface area contributed by atoms with Crippen molar-refractivity contribution in [2.45, 2.75) is 44.2 Å². The van der Waals surface area contributed by atoms with Gasteiger partial charge in [0.05, 0.1) is 17.8 Å². The Kier molecular flexibility index (Phi) is 1.79. The molecule has 5 aliphatic carbocycles. The molecule has 26 heavy (non-hydrogen) atoms. The summed E-state index contributed by atoms with van der Waals surface area (Å²) in [5.74, 6) is 3.01. The zero-order chi connectivity index (χ0) is 17.0. The number of hydrogen-bond acceptors (Lipinski definition) is 2. The summed E-state index contributed by atoms with van der Waals surface area (Å²) in [5, 5.41) is 0.